The maximum absolute atomic E-state index is 10.3. The van der Waals surface area contributed by atoms with Gasteiger partial charge >= 0.3 is 0 Å². The van der Waals surface area contributed by atoms with E-state index in [1.165, 1.54) is 0 Å². The highest BCUT2D eigenvalue weighted by Crippen LogP contribution is 2.36. The predicted octanol–water partition coefficient (Wildman–Crippen LogP) is 3.89. The second-order valence-corrected chi connectivity index (χ2v) is 4.36. The monoisotopic (exact) mass is 242 g/mol. The fraction of sp³-hybridized carbons (Fsp3) is 0.250. The molecule has 0 heterocycles. The van der Waals surface area contributed by atoms with Crippen LogP contribution in [0.15, 0.2) is 36.4 Å². The molecule has 0 amide bonds. The number of aromatic hydroxyl groups is 2. The molecule has 2 nitrogen and oxygen atoms in total. The van der Waals surface area contributed by atoms with Crippen LogP contribution in [-0.4, -0.2) is 10.2 Å². The van der Waals surface area contributed by atoms with Gasteiger partial charge in [0.15, 0.2) is 0 Å². The van der Waals surface area contributed by atoms with E-state index in [4.69, 9.17) is 0 Å². The minimum absolute atomic E-state index is 0.225. The molecule has 0 aliphatic heterocycles. The summed E-state index contributed by atoms with van der Waals surface area (Å²) in [5.74, 6) is 0.545. The Morgan fingerprint density at radius 2 is 1.56 bits per heavy atom. The second kappa shape index (κ2) is 5.13. The van der Waals surface area contributed by atoms with Crippen LogP contribution in [-0.2, 0) is 12.8 Å². The smallest absolute Gasteiger partial charge is 0.126 e. The van der Waals surface area contributed by atoms with E-state index in [9.17, 15) is 10.2 Å². The summed E-state index contributed by atoms with van der Waals surface area (Å²) in [4.78, 5) is 0. The number of para-hydroxylation sites is 1. The van der Waals surface area contributed by atoms with Crippen LogP contribution in [0.5, 0.6) is 11.5 Å². The van der Waals surface area contributed by atoms with E-state index in [1.807, 2.05) is 31.2 Å². The van der Waals surface area contributed by atoms with Gasteiger partial charge in [0.2, 0.25) is 0 Å². The number of rotatable bonds is 3. The standard InChI is InChI=1S/C16H18O2/c1-3-11-8-9-13(17)10-15(11)14-7-5-6-12(4-2)16(14)18/h5-10,17-18H,3-4H2,1-2H3. The van der Waals surface area contributed by atoms with E-state index in [0.717, 1.165) is 35.1 Å². The molecule has 0 saturated carbocycles. The molecule has 0 fully saturated rings. The van der Waals surface area contributed by atoms with E-state index < -0.39 is 0 Å². The van der Waals surface area contributed by atoms with Crippen molar-refractivity contribution in [2.75, 3.05) is 0 Å². The second-order valence-electron chi connectivity index (χ2n) is 4.36. The van der Waals surface area contributed by atoms with Crippen molar-refractivity contribution < 1.29 is 10.2 Å². The summed E-state index contributed by atoms with van der Waals surface area (Å²) in [6.45, 7) is 4.08. The molecule has 2 N–H and O–H groups in total. The maximum Gasteiger partial charge on any atom is 0.126 e. The van der Waals surface area contributed by atoms with Crippen molar-refractivity contribution in [2.45, 2.75) is 26.7 Å². The molecule has 94 valence electrons. The molecule has 0 unspecified atom stereocenters. The molecule has 0 radical (unpaired) electrons. The minimum atomic E-state index is 0.225. The van der Waals surface area contributed by atoms with Crippen molar-refractivity contribution in [3.05, 3.63) is 47.5 Å². The van der Waals surface area contributed by atoms with Crippen LogP contribution in [0, 0.1) is 0 Å². The molecule has 0 bridgehead atoms. The Morgan fingerprint density at radius 1 is 0.833 bits per heavy atom. The molecule has 0 spiro atoms. The quantitative estimate of drug-likeness (QED) is 0.857. The van der Waals surface area contributed by atoms with Crippen LogP contribution in [0.2, 0.25) is 0 Å². The average molecular weight is 242 g/mol. The molecule has 2 aromatic carbocycles. The Hall–Kier alpha value is -1.96. The average Bonchev–Trinajstić information content (AvgIpc) is 2.39. The highest BCUT2D eigenvalue weighted by Gasteiger charge is 2.11. The summed E-state index contributed by atoms with van der Waals surface area (Å²) >= 11 is 0. The van der Waals surface area contributed by atoms with Gasteiger partial charge in [-0.1, -0.05) is 38.1 Å². The van der Waals surface area contributed by atoms with Gasteiger partial charge in [-0.05, 0) is 41.7 Å². The maximum atomic E-state index is 10.3. The summed E-state index contributed by atoms with van der Waals surface area (Å²) in [5.41, 5.74) is 3.75. The highest BCUT2D eigenvalue weighted by atomic mass is 16.3. The lowest BCUT2D eigenvalue weighted by Crippen LogP contribution is -1.90. The van der Waals surface area contributed by atoms with Gasteiger partial charge in [-0.3, -0.25) is 0 Å². The first-order chi connectivity index (χ1) is 8.67. The van der Waals surface area contributed by atoms with Gasteiger partial charge in [0.1, 0.15) is 11.5 Å². The first kappa shape index (κ1) is 12.5. The third-order valence-electron chi connectivity index (χ3n) is 3.27. The van der Waals surface area contributed by atoms with Crippen LogP contribution in [0.1, 0.15) is 25.0 Å². The SMILES string of the molecule is CCc1ccc(O)cc1-c1cccc(CC)c1O. The molecule has 0 aromatic heterocycles. The summed E-state index contributed by atoms with van der Waals surface area (Å²) in [6.07, 6.45) is 1.66. The lowest BCUT2D eigenvalue weighted by Gasteiger charge is -2.12. The summed E-state index contributed by atoms with van der Waals surface area (Å²) < 4.78 is 0. The number of phenolic OH excluding ortho intramolecular Hbond substituents is 2. The van der Waals surface area contributed by atoms with E-state index in [1.54, 1.807) is 12.1 Å². The zero-order valence-electron chi connectivity index (χ0n) is 10.8. The first-order valence-corrected chi connectivity index (χ1v) is 6.30. The van der Waals surface area contributed by atoms with Gasteiger partial charge in [-0.2, -0.15) is 0 Å². The Morgan fingerprint density at radius 3 is 2.22 bits per heavy atom. The summed E-state index contributed by atoms with van der Waals surface area (Å²) in [5, 5.41) is 19.9. The van der Waals surface area contributed by atoms with Gasteiger partial charge in [0, 0.05) is 5.56 Å². The predicted molar refractivity (Wildman–Crippen MR) is 74.0 cm³/mol. The number of aryl methyl sites for hydroxylation is 2. The van der Waals surface area contributed by atoms with Gasteiger partial charge in [0.05, 0.1) is 0 Å². The zero-order chi connectivity index (χ0) is 13.1. The molecule has 0 atom stereocenters. The normalized spacial score (nSPS) is 10.6. The van der Waals surface area contributed by atoms with Crippen LogP contribution >= 0.6 is 0 Å². The number of hydrogen-bond acceptors (Lipinski definition) is 2. The van der Waals surface area contributed by atoms with Gasteiger partial charge < -0.3 is 10.2 Å². The van der Waals surface area contributed by atoms with Gasteiger partial charge in [0.25, 0.3) is 0 Å². The molecule has 2 aromatic rings. The third kappa shape index (κ3) is 2.19. The molecule has 2 rings (SSSR count). The Labute approximate surface area is 108 Å². The lowest BCUT2D eigenvalue weighted by atomic mass is 9.95. The van der Waals surface area contributed by atoms with Crippen molar-refractivity contribution >= 4 is 0 Å². The Kier molecular flexibility index (Phi) is 3.56. The molecular formula is C16H18O2. The number of hydrogen-bond donors (Lipinski definition) is 2. The van der Waals surface area contributed by atoms with Crippen LogP contribution in [0.3, 0.4) is 0 Å². The molecule has 0 aliphatic carbocycles. The minimum Gasteiger partial charge on any atom is -0.508 e. The molecule has 0 saturated heterocycles. The van der Waals surface area contributed by atoms with Crippen molar-refractivity contribution in [2.24, 2.45) is 0 Å². The topological polar surface area (TPSA) is 40.5 Å². The van der Waals surface area contributed by atoms with Crippen LogP contribution in [0.4, 0.5) is 0 Å². The van der Waals surface area contributed by atoms with E-state index in [2.05, 4.69) is 6.92 Å². The van der Waals surface area contributed by atoms with E-state index >= 15 is 0 Å². The van der Waals surface area contributed by atoms with Crippen molar-refractivity contribution in [1.29, 1.82) is 0 Å². The fourth-order valence-electron chi connectivity index (χ4n) is 2.22. The first-order valence-electron chi connectivity index (χ1n) is 6.30. The zero-order valence-corrected chi connectivity index (χ0v) is 10.8. The molecule has 2 heteroatoms. The van der Waals surface area contributed by atoms with Gasteiger partial charge in [-0.25, -0.2) is 0 Å². The summed E-state index contributed by atoms with van der Waals surface area (Å²) in [7, 11) is 0. The van der Waals surface area contributed by atoms with Gasteiger partial charge in [-0.15, -0.1) is 0 Å². The molecule has 0 aliphatic rings. The van der Waals surface area contributed by atoms with E-state index in [-0.39, 0.29) is 5.75 Å². The Balaban J connectivity index is 2.64. The van der Waals surface area contributed by atoms with Crippen molar-refractivity contribution in [1.82, 2.24) is 0 Å². The Bertz CT molecular complexity index is 559. The number of phenols is 2. The van der Waals surface area contributed by atoms with Crippen molar-refractivity contribution in [3.8, 4) is 22.6 Å². The third-order valence-corrected chi connectivity index (χ3v) is 3.27. The lowest BCUT2D eigenvalue weighted by molar-refractivity contribution is 0.470. The van der Waals surface area contributed by atoms with Crippen LogP contribution in [0.25, 0.3) is 11.1 Å². The highest BCUT2D eigenvalue weighted by molar-refractivity contribution is 5.75. The number of benzene rings is 2. The summed E-state index contributed by atoms with van der Waals surface area (Å²) in [6, 6.07) is 11.1. The largest absolute Gasteiger partial charge is 0.508 e. The van der Waals surface area contributed by atoms with Crippen LogP contribution < -0.4 is 0 Å². The fourth-order valence-corrected chi connectivity index (χ4v) is 2.22. The van der Waals surface area contributed by atoms with Crippen molar-refractivity contribution in [3.63, 3.8) is 0 Å². The van der Waals surface area contributed by atoms with E-state index in [0.29, 0.717) is 5.75 Å². The molecular weight excluding hydrogens is 224 g/mol. The molecule has 18 heavy (non-hydrogen) atoms.